The monoisotopic (exact) mass is 313 g/mol. The molecule has 5 nitrogen and oxygen atoms in total. The van der Waals surface area contributed by atoms with Gasteiger partial charge in [0.05, 0.1) is 0 Å². The zero-order chi connectivity index (χ0) is 13.1. The van der Waals surface area contributed by atoms with Gasteiger partial charge in [0.25, 0.3) is 5.56 Å². The quantitative estimate of drug-likeness (QED) is 0.931. The number of hydrogen-bond donors (Lipinski definition) is 1. The molecule has 1 unspecified atom stereocenters. The lowest BCUT2D eigenvalue weighted by Gasteiger charge is -2.09. The summed E-state index contributed by atoms with van der Waals surface area (Å²) in [7, 11) is 0. The Morgan fingerprint density at radius 1 is 1.33 bits per heavy atom. The number of nitrogens with zero attached hydrogens (tertiary/aromatic N) is 2. The van der Waals surface area contributed by atoms with Crippen molar-refractivity contribution in [2.75, 3.05) is 0 Å². The molecule has 0 bridgehead atoms. The number of rotatable bonds is 3. The van der Waals surface area contributed by atoms with E-state index in [1.165, 1.54) is 0 Å². The summed E-state index contributed by atoms with van der Waals surface area (Å²) >= 11 is 2.85. The Morgan fingerprint density at radius 2 is 2.00 bits per heavy atom. The van der Waals surface area contributed by atoms with Crippen molar-refractivity contribution in [1.82, 2.24) is 14.8 Å². The molecule has 1 aromatic carbocycles. The van der Waals surface area contributed by atoms with E-state index < -0.39 is 17.5 Å². The highest BCUT2D eigenvalue weighted by atomic mass is 79.9. The topological polar surface area (TPSA) is 67.8 Å². The van der Waals surface area contributed by atoms with Crippen LogP contribution in [0.25, 0.3) is 0 Å². The van der Waals surface area contributed by atoms with Crippen LogP contribution in [0.5, 0.6) is 0 Å². The molecular weight excluding hydrogens is 305 g/mol. The van der Waals surface area contributed by atoms with E-state index in [4.69, 9.17) is 0 Å². The summed E-state index contributed by atoms with van der Waals surface area (Å²) in [5.41, 5.74) is -0.809. The summed E-state index contributed by atoms with van der Waals surface area (Å²) < 4.78 is 14.4. The van der Waals surface area contributed by atoms with Crippen LogP contribution in [0.2, 0.25) is 0 Å². The van der Waals surface area contributed by atoms with Gasteiger partial charge in [-0.15, -0.1) is 0 Å². The van der Waals surface area contributed by atoms with Gasteiger partial charge in [-0.1, -0.05) is 30.3 Å². The Balaban J connectivity index is 2.30. The molecule has 0 radical (unpaired) electrons. The molecule has 0 spiro atoms. The maximum atomic E-state index is 14.0. The standard InChI is InChI=1S/C11H9BrFN3O2/c12-9-10(17)14-11(18)16(15-9)8(13)6-7-4-2-1-3-5-7/h1-5,8H,6H2,(H,14,17,18). The number of aromatic amines is 1. The summed E-state index contributed by atoms with van der Waals surface area (Å²) in [6.45, 7) is 0. The van der Waals surface area contributed by atoms with E-state index in [0.29, 0.717) is 4.68 Å². The molecule has 0 aliphatic carbocycles. The third-order valence-corrected chi connectivity index (χ3v) is 2.84. The normalized spacial score (nSPS) is 12.3. The lowest BCUT2D eigenvalue weighted by atomic mass is 10.1. The molecule has 0 saturated heterocycles. The Bertz CT molecular complexity index is 653. The first-order valence-corrected chi connectivity index (χ1v) is 5.94. The number of nitrogens with one attached hydrogen (secondary N) is 1. The maximum Gasteiger partial charge on any atom is 0.347 e. The predicted molar refractivity (Wildman–Crippen MR) is 67.1 cm³/mol. The van der Waals surface area contributed by atoms with Gasteiger partial charge in [0.1, 0.15) is 0 Å². The minimum atomic E-state index is -1.63. The number of H-pyrrole nitrogens is 1. The fourth-order valence-electron chi connectivity index (χ4n) is 1.48. The van der Waals surface area contributed by atoms with Crippen LogP contribution < -0.4 is 11.2 Å². The minimum Gasteiger partial charge on any atom is -0.270 e. The number of benzene rings is 1. The van der Waals surface area contributed by atoms with Gasteiger partial charge >= 0.3 is 5.69 Å². The first kappa shape index (κ1) is 12.7. The fraction of sp³-hybridized carbons (Fsp3) is 0.182. The van der Waals surface area contributed by atoms with Gasteiger partial charge in [-0.25, -0.2) is 9.18 Å². The van der Waals surface area contributed by atoms with Crippen LogP contribution in [0.1, 0.15) is 11.9 Å². The zero-order valence-corrected chi connectivity index (χ0v) is 10.7. The number of hydrogen-bond acceptors (Lipinski definition) is 3. The van der Waals surface area contributed by atoms with Crippen molar-refractivity contribution in [3.8, 4) is 0 Å². The third-order valence-electron chi connectivity index (χ3n) is 2.32. The lowest BCUT2D eigenvalue weighted by molar-refractivity contribution is 0.205. The van der Waals surface area contributed by atoms with E-state index >= 15 is 0 Å². The van der Waals surface area contributed by atoms with Gasteiger partial charge in [0.2, 0.25) is 6.30 Å². The van der Waals surface area contributed by atoms with Crippen LogP contribution in [0, 0.1) is 0 Å². The first-order chi connectivity index (χ1) is 8.58. The van der Waals surface area contributed by atoms with Gasteiger partial charge in [-0.3, -0.25) is 9.78 Å². The Labute approximate surface area is 109 Å². The summed E-state index contributed by atoms with van der Waals surface area (Å²) in [5, 5.41) is 3.57. The Hall–Kier alpha value is -1.76. The highest BCUT2D eigenvalue weighted by molar-refractivity contribution is 9.10. The van der Waals surface area contributed by atoms with E-state index in [-0.39, 0.29) is 11.0 Å². The average Bonchev–Trinajstić information content (AvgIpc) is 2.35. The van der Waals surface area contributed by atoms with Crippen molar-refractivity contribution in [1.29, 1.82) is 0 Å². The van der Waals surface area contributed by atoms with E-state index in [1.54, 1.807) is 24.3 Å². The van der Waals surface area contributed by atoms with Crippen molar-refractivity contribution in [2.24, 2.45) is 0 Å². The van der Waals surface area contributed by atoms with Crippen molar-refractivity contribution in [3.05, 3.63) is 61.3 Å². The van der Waals surface area contributed by atoms with Crippen molar-refractivity contribution < 1.29 is 4.39 Å². The molecule has 1 atom stereocenters. The summed E-state index contributed by atoms with van der Waals surface area (Å²) in [6, 6.07) is 8.87. The summed E-state index contributed by atoms with van der Waals surface area (Å²) in [6.07, 6.45) is -1.63. The molecule has 2 aromatic rings. The van der Waals surface area contributed by atoms with Crippen molar-refractivity contribution in [3.63, 3.8) is 0 Å². The van der Waals surface area contributed by atoms with Crippen molar-refractivity contribution >= 4 is 15.9 Å². The smallest absolute Gasteiger partial charge is 0.270 e. The lowest BCUT2D eigenvalue weighted by Crippen LogP contribution is -2.34. The largest absolute Gasteiger partial charge is 0.347 e. The van der Waals surface area contributed by atoms with Crippen molar-refractivity contribution in [2.45, 2.75) is 12.7 Å². The van der Waals surface area contributed by atoms with Crippen LogP contribution in [-0.2, 0) is 6.42 Å². The van der Waals surface area contributed by atoms with Gasteiger partial charge in [-0.05, 0) is 21.5 Å². The third kappa shape index (κ3) is 2.73. The minimum absolute atomic E-state index is 0.00618. The van der Waals surface area contributed by atoms with Crippen LogP contribution in [0.4, 0.5) is 4.39 Å². The fourth-order valence-corrected chi connectivity index (χ4v) is 1.75. The molecule has 0 fully saturated rings. The van der Waals surface area contributed by atoms with E-state index in [0.717, 1.165) is 5.56 Å². The van der Waals surface area contributed by atoms with Gasteiger partial charge in [0, 0.05) is 6.42 Å². The second-order valence-electron chi connectivity index (χ2n) is 3.62. The molecule has 1 N–H and O–H groups in total. The van der Waals surface area contributed by atoms with E-state index in [1.807, 2.05) is 11.1 Å². The molecule has 0 amide bonds. The second kappa shape index (κ2) is 5.26. The molecule has 2 rings (SSSR count). The molecule has 1 heterocycles. The van der Waals surface area contributed by atoms with Crippen LogP contribution in [0.3, 0.4) is 0 Å². The summed E-state index contributed by atoms with van der Waals surface area (Å²) in [4.78, 5) is 24.5. The van der Waals surface area contributed by atoms with Gasteiger partial charge in [0.15, 0.2) is 4.60 Å². The summed E-state index contributed by atoms with van der Waals surface area (Å²) in [5.74, 6) is 0. The molecular formula is C11H9BrFN3O2. The van der Waals surface area contributed by atoms with Gasteiger partial charge < -0.3 is 0 Å². The SMILES string of the molecule is O=c1[nH]c(=O)n(C(F)Cc2ccccc2)nc1Br. The number of aromatic nitrogens is 3. The number of alkyl halides is 1. The Morgan fingerprint density at radius 3 is 2.67 bits per heavy atom. The molecule has 0 aliphatic heterocycles. The average molecular weight is 314 g/mol. The van der Waals surface area contributed by atoms with Crippen LogP contribution in [-0.4, -0.2) is 14.8 Å². The highest BCUT2D eigenvalue weighted by Crippen LogP contribution is 2.12. The molecule has 18 heavy (non-hydrogen) atoms. The zero-order valence-electron chi connectivity index (χ0n) is 9.14. The van der Waals surface area contributed by atoms with E-state index in [2.05, 4.69) is 21.0 Å². The second-order valence-corrected chi connectivity index (χ2v) is 4.37. The highest BCUT2D eigenvalue weighted by Gasteiger charge is 2.14. The molecule has 0 saturated carbocycles. The maximum absolute atomic E-state index is 14.0. The van der Waals surface area contributed by atoms with Crippen LogP contribution >= 0.6 is 15.9 Å². The Kier molecular flexibility index (Phi) is 3.71. The first-order valence-electron chi connectivity index (χ1n) is 5.14. The van der Waals surface area contributed by atoms with Gasteiger partial charge in [-0.2, -0.15) is 9.78 Å². The molecule has 1 aromatic heterocycles. The predicted octanol–water partition coefficient (Wildman–Crippen LogP) is 1.40. The number of halogens is 2. The van der Waals surface area contributed by atoms with E-state index in [9.17, 15) is 14.0 Å². The molecule has 7 heteroatoms. The van der Waals surface area contributed by atoms with Crippen LogP contribution in [0.15, 0.2) is 44.5 Å². The molecule has 94 valence electrons. The molecule has 0 aliphatic rings.